The van der Waals surface area contributed by atoms with Crippen molar-refractivity contribution < 1.29 is 0 Å². The van der Waals surface area contributed by atoms with Crippen molar-refractivity contribution in [3.05, 3.63) is 48.1 Å². The predicted molar refractivity (Wildman–Crippen MR) is 95.1 cm³/mol. The lowest BCUT2D eigenvalue weighted by Crippen LogP contribution is -2.25. The van der Waals surface area contributed by atoms with E-state index in [-0.39, 0.29) is 6.04 Å². The molecule has 0 N–H and O–H groups in total. The summed E-state index contributed by atoms with van der Waals surface area (Å²) >= 11 is 0. The Morgan fingerprint density at radius 1 is 1.08 bits per heavy atom. The Bertz CT molecular complexity index is 902. The average molecular weight is 335 g/mol. The number of anilines is 1. The van der Waals surface area contributed by atoms with Crippen LogP contribution in [0.2, 0.25) is 0 Å². The van der Waals surface area contributed by atoms with Crippen molar-refractivity contribution >= 4 is 5.82 Å². The molecule has 0 saturated carbocycles. The summed E-state index contributed by atoms with van der Waals surface area (Å²) in [5.41, 5.74) is 1.81. The van der Waals surface area contributed by atoms with Crippen LogP contribution in [-0.2, 0) is 7.05 Å². The molecule has 0 aromatic carbocycles. The number of hydrogen-bond acceptors (Lipinski definition) is 6. The molecule has 128 valence electrons. The third kappa shape index (κ3) is 2.97. The van der Waals surface area contributed by atoms with Gasteiger partial charge >= 0.3 is 0 Å². The summed E-state index contributed by atoms with van der Waals surface area (Å²) in [4.78, 5) is 25.0. The molecule has 0 radical (unpaired) electrons. The molecule has 1 saturated heterocycles. The van der Waals surface area contributed by atoms with Gasteiger partial charge in [0.1, 0.15) is 17.3 Å². The van der Waals surface area contributed by atoms with Gasteiger partial charge in [0, 0.05) is 37.9 Å². The van der Waals surface area contributed by atoms with Crippen LogP contribution in [0.1, 0.15) is 36.2 Å². The van der Waals surface area contributed by atoms with Gasteiger partial charge in [0.25, 0.3) is 0 Å². The Balaban J connectivity index is 1.73. The van der Waals surface area contributed by atoms with E-state index in [2.05, 4.69) is 19.9 Å². The van der Waals surface area contributed by atoms with Gasteiger partial charge in [-0.1, -0.05) is 0 Å². The number of nitrogens with zero attached hydrogens (tertiary/aromatic N) is 7. The molecule has 0 unspecified atom stereocenters. The summed E-state index contributed by atoms with van der Waals surface area (Å²) in [5, 5.41) is 0. The first-order chi connectivity index (χ1) is 12.1. The van der Waals surface area contributed by atoms with Gasteiger partial charge < -0.3 is 9.47 Å². The predicted octanol–water partition coefficient (Wildman–Crippen LogP) is 2.63. The number of rotatable bonds is 3. The highest BCUT2D eigenvalue weighted by atomic mass is 15.3. The maximum absolute atomic E-state index is 4.84. The fourth-order valence-electron chi connectivity index (χ4n) is 3.38. The van der Waals surface area contributed by atoms with Gasteiger partial charge in [0.15, 0.2) is 11.6 Å². The Labute approximate surface area is 146 Å². The Hall–Kier alpha value is -2.83. The van der Waals surface area contributed by atoms with Crippen molar-refractivity contribution in [1.29, 1.82) is 0 Å². The van der Waals surface area contributed by atoms with Crippen LogP contribution in [0.3, 0.4) is 0 Å². The first kappa shape index (κ1) is 15.7. The van der Waals surface area contributed by atoms with Gasteiger partial charge in [-0.25, -0.2) is 24.9 Å². The van der Waals surface area contributed by atoms with Crippen LogP contribution in [0, 0.1) is 13.8 Å². The van der Waals surface area contributed by atoms with Gasteiger partial charge in [-0.2, -0.15) is 0 Å². The molecule has 0 spiro atoms. The third-order valence-corrected chi connectivity index (χ3v) is 4.53. The summed E-state index contributed by atoms with van der Waals surface area (Å²) in [6.45, 7) is 4.87. The second-order valence-corrected chi connectivity index (χ2v) is 6.43. The van der Waals surface area contributed by atoms with E-state index in [0.717, 1.165) is 54.1 Å². The van der Waals surface area contributed by atoms with E-state index in [1.165, 1.54) is 0 Å². The number of hydrogen-bond donors (Lipinski definition) is 0. The first-order valence-electron chi connectivity index (χ1n) is 8.51. The molecule has 1 aliphatic rings. The highest BCUT2D eigenvalue weighted by Crippen LogP contribution is 2.34. The molecule has 3 aromatic heterocycles. The fourth-order valence-corrected chi connectivity index (χ4v) is 3.38. The van der Waals surface area contributed by atoms with E-state index in [1.54, 1.807) is 6.20 Å². The summed E-state index contributed by atoms with van der Waals surface area (Å²) < 4.78 is 1.98. The van der Waals surface area contributed by atoms with E-state index in [9.17, 15) is 0 Å². The van der Waals surface area contributed by atoms with Crippen molar-refractivity contribution in [1.82, 2.24) is 29.5 Å². The van der Waals surface area contributed by atoms with Gasteiger partial charge in [0.2, 0.25) is 0 Å². The number of aryl methyl sites for hydroxylation is 3. The molecule has 4 rings (SSSR count). The standard InChI is InChI=1S/C18H21N7/c1-12-11-14(18-20-8-10-24(18)3)23-17(21-12)15-5-4-9-25(15)16-6-7-19-13(2)22-16/h6-8,10-11,15H,4-5,9H2,1-3H3/t15-/m1/s1. The average Bonchev–Trinajstić information content (AvgIpc) is 3.23. The lowest BCUT2D eigenvalue weighted by atomic mass is 10.2. The zero-order valence-corrected chi connectivity index (χ0v) is 14.7. The molecular weight excluding hydrogens is 314 g/mol. The Morgan fingerprint density at radius 2 is 1.96 bits per heavy atom. The van der Waals surface area contributed by atoms with Crippen molar-refractivity contribution in [2.24, 2.45) is 7.05 Å². The topological polar surface area (TPSA) is 72.6 Å². The summed E-state index contributed by atoms with van der Waals surface area (Å²) in [6.07, 6.45) is 7.65. The molecular formula is C18H21N7. The summed E-state index contributed by atoms with van der Waals surface area (Å²) in [5.74, 6) is 3.42. The normalized spacial score (nSPS) is 17.2. The molecule has 0 amide bonds. The van der Waals surface area contributed by atoms with Crippen molar-refractivity contribution in [2.75, 3.05) is 11.4 Å². The van der Waals surface area contributed by atoms with Crippen LogP contribution in [0.4, 0.5) is 5.82 Å². The minimum atomic E-state index is 0.133. The minimum Gasteiger partial charge on any atom is -0.346 e. The van der Waals surface area contributed by atoms with Crippen LogP contribution in [0.5, 0.6) is 0 Å². The van der Waals surface area contributed by atoms with Crippen molar-refractivity contribution in [2.45, 2.75) is 32.7 Å². The van der Waals surface area contributed by atoms with Crippen molar-refractivity contribution in [3.8, 4) is 11.5 Å². The lowest BCUT2D eigenvalue weighted by Gasteiger charge is -2.25. The maximum atomic E-state index is 4.84. The summed E-state index contributed by atoms with van der Waals surface area (Å²) in [6, 6.07) is 4.08. The highest BCUT2D eigenvalue weighted by molar-refractivity contribution is 5.51. The van der Waals surface area contributed by atoms with Gasteiger partial charge in [-0.05, 0) is 38.8 Å². The highest BCUT2D eigenvalue weighted by Gasteiger charge is 2.30. The second kappa shape index (κ2) is 6.23. The number of imidazole rings is 1. The molecule has 4 heterocycles. The molecule has 1 aliphatic heterocycles. The van der Waals surface area contributed by atoms with Crippen LogP contribution in [0.25, 0.3) is 11.5 Å². The smallest absolute Gasteiger partial charge is 0.158 e. The zero-order valence-electron chi connectivity index (χ0n) is 14.7. The zero-order chi connectivity index (χ0) is 17.4. The van der Waals surface area contributed by atoms with Crippen LogP contribution >= 0.6 is 0 Å². The Kier molecular flexibility index (Phi) is 3.91. The second-order valence-electron chi connectivity index (χ2n) is 6.43. The molecule has 0 aliphatic carbocycles. The Morgan fingerprint density at radius 3 is 2.72 bits per heavy atom. The molecule has 3 aromatic rings. The molecule has 1 fully saturated rings. The lowest BCUT2D eigenvalue weighted by molar-refractivity contribution is 0.655. The van der Waals surface area contributed by atoms with E-state index in [0.29, 0.717) is 0 Å². The van der Waals surface area contributed by atoms with Crippen LogP contribution in [-0.4, -0.2) is 36.0 Å². The van der Waals surface area contributed by atoms with Crippen LogP contribution in [0.15, 0.2) is 30.7 Å². The monoisotopic (exact) mass is 335 g/mol. The molecule has 7 heteroatoms. The van der Waals surface area contributed by atoms with Gasteiger partial charge in [-0.3, -0.25) is 0 Å². The fraction of sp³-hybridized carbons (Fsp3) is 0.389. The molecule has 25 heavy (non-hydrogen) atoms. The minimum absolute atomic E-state index is 0.133. The maximum Gasteiger partial charge on any atom is 0.158 e. The third-order valence-electron chi connectivity index (χ3n) is 4.53. The van der Waals surface area contributed by atoms with E-state index < -0.39 is 0 Å². The van der Waals surface area contributed by atoms with E-state index in [4.69, 9.17) is 9.97 Å². The van der Waals surface area contributed by atoms with Crippen LogP contribution < -0.4 is 4.90 Å². The molecule has 1 atom stereocenters. The quantitative estimate of drug-likeness (QED) is 0.732. The van der Waals surface area contributed by atoms with Crippen molar-refractivity contribution in [3.63, 3.8) is 0 Å². The SMILES string of the molecule is Cc1cc(-c2nccn2C)nc([C@H]2CCCN2c2ccnc(C)n2)n1. The van der Waals surface area contributed by atoms with E-state index in [1.807, 2.05) is 50.0 Å². The van der Waals surface area contributed by atoms with E-state index >= 15 is 0 Å². The summed E-state index contributed by atoms with van der Waals surface area (Å²) in [7, 11) is 1.98. The molecule has 0 bridgehead atoms. The van der Waals surface area contributed by atoms with Gasteiger partial charge in [-0.15, -0.1) is 0 Å². The number of aromatic nitrogens is 6. The van der Waals surface area contributed by atoms with Gasteiger partial charge in [0.05, 0.1) is 6.04 Å². The first-order valence-corrected chi connectivity index (χ1v) is 8.51. The largest absolute Gasteiger partial charge is 0.346 e. The molecule has 7 nitrogen and oxygen atoms in total.